The lowest BCUT2D eigenvalue weighted by atomic mass is 10.1. The normalized spacial score (nSPS) is 16.3. The fraction of sp³-hybridized carbons (Fsp3) is 0.400. The first-order chi connectivity index (χ1) is 17.0. The second-order valence-electron chi connectivity index (χ2n) is 8.46. The van der Waals surface area contributed by atoms with Gasteiger partial charge in [0.1, 0.15) is 5.65 Å². The molecule has 1 aromatic carbocycles. The highest BCUT2D eigenvalue weighted by atomic mass is 16.5. The van der Waals surface area contributed by atoms with E-state index >= 15 is 0 Å². The molecule has 1 amide bonds. The van der Waals surface area contributed by atoms with Crippen LogP contribution in [0.1, 0.15) is 22.5 Å². The zero-order chi connectivity index (χ0) is 24.8. The van der Waals surface area contributed by atoms with E-state index in [1.807, 2.05) is 30.3 Å². The number of esters is 1. The van der Waals surface area contributed by atoms with E-state index in [0.29, 0.717) is 55.0 Å². The Hall–Kier alpha value is -3.47. The van der Waals surface area contributed by atoms with E-state index in [4.69, 9.17) is 14.6 Å². The van der Waals surface area contributed by atoms with E-state index < -0.39 is 12.1 Å². The van der Waals surface area contributed by atoms with Crippen LogP contribution in [0.5, 0.6) is 0 Å². The molecule has 35 heavy (non-hydrogen) atoms. The molecule has 4 N–H and O–H groups in total. The fourth-order valence-corrected chi connectivity index (χ4v) is 4.13. The molecule has 4 rings (SSSR count). The van der Waals surface area contributed by atoms with Crippen molar-refractivity contribution in [3.05, 3.63) is 53.9 Å². The zero-order valence-electron chi connectivity index (χ0n) is 19.6. The highest BCUT2D eigenvalue weighted by Gasteiger charge is 2.29. The van der Waals surface area contributed by atoms with Crippen molar-refractivity contribution in [3.63, 3.8) is 0 Å². The van der Waals surface area contributed by atoms with Gasteiger partial charge in [-0.15, -0.1) is 0 Å². The number of nitrogens with zero attached hydrogens (tertiary/aromatic N) is 2. The number of methoxy groups -OCH3 is 1. The van der Waals surface area contributed by atoms with Gasteiger partial charge in [-0.2, -0.15) is 0 Å². The molecule has 0 unspecified atom stereocenters. The molecule has 10 nitrogen and oxygen atoms in total. The monoisotopic (exact) mass is 482 g/mol. The zero-order valence-corrected chi connectivity index (χ0v) is 19.6. The summed E-state index contributed by atoms with van der Waals surface area (Å²) in [5, 5.41) is 25.3. The number of fused-ring (bicyclic) bond motifs is 1. The molecule has 0 aliphatic carbocycles. The predicted octanol–water partition coefficient (Wildman–Crippen LogP) is 1.81. The molecule has 0 spiro atoms. The van der Waals surface area contributed by atoms with Gasteiger partial charge in [0.05, 0.1) is 49.9 Å². The lowest BCUT2D eigenvalue weighted by molar-refractivity contribution is -0.119. The number of hydrogen-bond donors (Lipinski definition) is 4. The molecular formula is C25H30N4O6. The third kappa shape index (κ3) is 5.61. The number of pyridine rings is 1. The molecule has 1 saturated heterocycles. The lowest BCUT2D eigenvalue weighted by Gasteiger charge is -2.12. The summed E-state index contributed by atoms with van der Waals surface area (Å²) in [5.41, 5.74) is 2.73. The first-order valence-corrected chi connectivity index (χ1v) is 11.6. The van der Waals surface area contributed by atoms with Crippen LogP contribution < -0.4 is 10.6 Å². The molecule has 0 saturated carbocycles. The van der Waals surface area contributed by atoms with Crippen molar-refractivity contribution in [3.8, 4) is 0 Å². The number of aliphatic hydroxyl groups excluding tert-OH is 2. The lowest BCUT2D eigenvalue weighted by Crippen LogP contribution is -2.24. The highest BCUT2D eigenvalue weighted by Crippen LogP contribution is 2.33. The maximum Gasteiger partial charge on any atom is 0.356 e. The van der Waals surface area contributed by atoms with Gasteiger partial charge in [0.15, 0.2) is 5.69 Å². The maximum atomic E-state index is 13.0. The number of hydrogen-bond acceptors (Lipinski definition) is 8. The summed E-state index contributed by atoms with van der Waals surface area (Å²) in [6.07, 6.45) is 1.90. The van der Waals surface area contributed by atoms with Crippen LogP contribution in [0, 0.1) is 5.92 Å². The molecule has 10 heteroatoms. The van der Waals surface area contributed by atoms with Crippen molar-refractivity contribution in [2.45, 2.75) is 25.5 Å². The standard InChI is InChI=1S/C25H30N4O6/c1-34-25(33)22-21(28-24(32)17-8-10-35-15-17)20-11-18(26-13-19(31)14-30)12-27-23(20)29(22)9-7-16-5-3-2-4-6-16/h2-6,11-12,17,19,26,30-31H,7-10,13-15H2,1H3,(H,28,32)/t17-,19+/m0/s1. The fourth-order valence-electron chi connectivity index (χ4n) is 4.13. The largest absolute Gasteiger partial charge is 0.464 e. The number of amides is 1. The van der Waals surface area contributed by atoms with Crippen LogP contribution in [-0.4, -0.2) is 71.2 Å². The van der Waals surface area contributed by atoms with E-state index in [9.17, 15) is 14.7 Å². The van der Waals surface area contributed by atoms with Gasteiger partial charge in [0, 0.05) is 25.1 Å². The summed E-state index contributed by atoms with van der Waals surface area (Å²) in [7, 11) is 1.30. The van der Waals surface area contributed by atoms with E-state index in [1.165, 1.54) is 7.11 Å². The quantitative estimate of drug-likeness (QED) is 0.322. The Morgan fingerprint density at radius 3 is 2.80 bits per heavy atom. The van der Waals surface area contributed by atoms with Gasteiger partial charge in [0.2, 0.25) is 5.91 Å². The Balaban J connectivity index is 1.76. The van der Waals surface area contributed by atoms with Crippen molar-refractivity contribution in [2.24, 2.45) is 5.92 Å². The van der Waals surface area contributed by atoms with Gasteiger partial charge < -0.3 is 34.9 Å². The van der Waals surface area contributed by atoms with Crippen molar-refractivity contribution in [1.82, 2.24) is 9.55 Å². The van der Waals surface area contributed by atoms with Crippen LogP contribution in [0.4, 0.5) is 11.4 Å². The molecule has 1 aliphatic heterocycles. The summed E-state index contributed by atoms with van der Waals surface area (Å²) in [6, 6.07) is 11.6. The number of carbonyl (C=O) groups is 2. The molecule has 2 aromatic heterocycles. The van der Waals surface area contributed by atoms with Gasteiger partial charge in [-0.3, -0.25) is 4.79 Å². The Kier molecular flexibility index (Phi) is 7.96. The van der Waals surface area contributed by atoms with Crippen LogP contribution in [0.25, 0.3) is 11.0 Å². The van der Waals surface area contributed by atoms with Crippen molar-refractivity contribution < 1.29 is 29.3 Å². The molecule has 2 atom stereocenters. The van der Waals surface area contributed by atoms with Crippen LogP contribution in [0.3, 0.4) is 0 Å². The topological polar surface area (TPSA) is 135 Å². The number of aromatic nitrogens is 2. The van der Waals surface area contributed by atoms with Gasteiger partial charge in [-0.1, -0.05) is 30.3 Å². The highest BCUT2D eigenvalue weighted by molar-refractivity contribution is 6.11. The Morgan fingerprint density at radius 2 is 2.11 bits per heavy atom. The first kappa shape index (κ1) is 24.6. The van der Waals surface area contributed by atoms with Crippen LogP contribution in [-0.2, 0) is 27.2 Å². The number of rotatable bonds is 10. The molecule has 1 fully saturated rings. The van der Waals surface area contributed by atoms with Gasteiger partial charge in [-0.25, -0.2) is 9.78 Å². The average molecular weight is 483 g/mol. The van der Waals surface area contributed by atoms with Gasteiger partial charge in [-0.05, 0) is 24.5 Å². The van der Waals surface area contributed by atoms with Crippen LogP contribution in [0.2, 0.25) is 0 Å². The third-order valence-corrected chi connectivity index (χ3v) is 6.05. The second kappa shape index (κ2) is 11.3. The van der Waals surface area contributed by atoms with Gasteiger partial charge >= 0.3 is 5.97 Å². The first-order valence-electron chi connectivity index (χ1n) is 11.6. The molecule has 1 aliphatic rings. The van der Waals surface area contributed by atoms with Crippen molar-refractivity contribution >= 4 is 34.3 Å². The summed E-state index contributed by atoms with van der Waals surface area (Å²) in [4.78, 5) is 30.5. The van der Waals surface area contributed by atoms with E-state index in [0.717, 1.165) is 5.56 Å². The van der Waals surface area contributed by atoms with Crippen LogP contribution >= 0.6 is 0 Å². The molecular weight excluding hydrogens is 452 g/mol. The number of nitrogens with one attached hydrogen (secondary N) is 2. The summed E-state index contributed by atoms with van der Waals surface area (Å²) in [6.45, 7) is 1.02. The SMILES string of the molecule is COC(=O)c1c(NC(=O)[C@H]2CCOC2)c2cc(NC[C@@H](O)CO)cnc2n1CCc1ccccc1. The number of carbonyl (C=O) groups excluding carboxylic acids is 2. The average Bonchev–Trinajstić information content (AvgIpc) is 3.53. The van der Waals surface area contributed by atoms with Crippen molar-refractivity contribution in [1.29, 1.82) is 0 Å². The van der Waals surface area contributed by atoms with Crippen molar-refractivity contribution in [2.75, 3.05) is 44.1 Å². The van der Waals surface area contributed by atoms with Gasteiger partial charge in [0.25, 0.3) is 0 Å². The van der Waals surface area contributed by atoms with E-state index in [2.05, 4.69) is 15.6 Å². The second-order valence-corrected chi connectivity index (χ2v) is 8.46. The molecule has 0 radical (unpaired) electrons. The number of anilines is 2. The van der Waals surface area contributed by atoms with E-state index in [-0.39, 0.29) is 30.7 Å². The number of benzene rings is 1. The summed E-state index contributed by atoms with van der Waals surface area (Å²) < 4.78 is 12.2. The minimum Gasteiger partial charge on any atom is -0.464 e. The van der Waals surface area contributed by atoms with Crippen LogP contribution in [0.15, 0.2) is 42.6 Å². The Morgan fingerprint density at radius 1 is 1.31 bits per heavy atom. The summed E-state index contributed by atoms with van der Waals surface area (Å²) in [5.74, 6) is -1.12. The minimum atomic E-state index is -0.937. The predicted molar refractivity (Wildman–Crippen MR) is 130 cm³/mol. The number of aryl methyl sites for hydroxylation is 2. The minimum absolute atomic E-state index is 0.114. The Bertz CT molecular complexity index is 1170. The number of aliphatic hydroxyl groups is 2. The molecule has 0 bridgehead atoms. The molecule has 186 valence electrons. The molecule has 3 heterocycles. The smallest absolute Gasteiger partial charge is 0.356 e. The van der Waals surface area contributed by atoms with E-state index in [1.54, 1.807) is 16.8 Å². The molecule has 3 aromatic rings. The number of ether oxygens (including phenoxy) is 2. The summed E-state index contributed by atoms with van der Waals surface area (Å²) >= 11 is 0. The Labute approximate surface area is 202 Å². The maximum absolute atomic E-state index is 13.0. The third-order valence-electron chi connectivity index (χ3n) is 6.05.